The molecule has 1 fully saturated rings. The van der Waals surface area contributed by atoms with Crippen molar-refractivity contribution in [1.29, 1.82) is 0 Å². The lowest BCUT2D eigenvalue weighted by Crippen LogP contribution is -2.50. The molecular formula is C30H32N4O4. The highest BCUT2D eigenvalue weighted by Crippen LogP contribution is 2.24. The van der Waals surface area contributed by atoms with Crippen LogP contribution in [0.5, 0.6) is 11.5 Å². The molecule has 0 saturated carbocycles. The minimum absolute atomic E-state index is 0.0169. The van der Waals surface area contributed by atoms with E-state index in [-0.39, 0.29) is 18.1 Å². The number of nitrogens with zero attached hydrogens (tertiary/aromatic N) is 4. The Kier molecular flexibility index (Phi) is 7.70. The first kappa shape index (κ1) is 25.5. The Morgan fingerprint density at radius 2 is 1.61 bits per heavy atom. The maximum atomic E-state index is 13.7. The molecule has 5 rings (SSSR count). The van der Waals surface area contributed by atoms with Crippen molar-refractivity contribution in [3.8, 4) is 17.2 Å². The number of benzene rings is 3. The van der Waals surface area contributed by atoms with E-state index in [4.69, 9.17) is 14.5 Å². The highest BCUT2D eigenvalue weighted by Gasteiger charge is 2.24. The van der Waals surface area contributed by atoms with Gasteiger partial charge in [-0.1, -0.05) is 42.0 Å². The van der Waals surface area contributed by atoms with E-state index in [1.54, 1.807) is 10.6 Å². The molecule has 1 saturated heterocycles. The van der Waals surface area contributed by atoms with Gasteiger partial charge in [0.15, 0.2) is 6.61 Å². The lowest BCUT2D eigenvalue weighted by Gasteiger charge is -2.34. The van der Waals surface area contributed by atoms with Crippen LogP contribution < -0.4 is 15.0 Å². The molecule has 0 aliphatic carbocycles. The third-order valence-corrected chi connectivity index (χ3v) is 6.72. The second-order valence-electron chi connectivity index (χ2n) is 9.35. The van der Waals surface area contributed by atoms with Crippen LogP contribution in [0.3, 0.4) is 0 Å². The van der Waals surface area contributed by atoms with E-state index >= 15 is 0 Å². The molecule has 8 nitrogen and oxygen atoms in total. The number of rotatable bonds is 8. The summed E-state index contributed by atoms with van der Waals surface area (Å²) in [7, 11) is 0. The molecule has 1 amide bonds. The van der Waals surface area contributed by atoms with E-state index in [2.05, 4.69) is 4.90 Å². The van der Waals surface area contributed by atoms with Crippen LogP contribution in [0.15, 0.2) is 77.6 Å². The van der Waals surface area contributed by atoms with E-state index in [1.807, 2.05) is 85.5 Å². The average molecular weight is 513 g/mol. The van der Waals surface area contributed by atoms with Crippen molar-refractivity contribution in [1.82, 2.24) is 19.4 Å². The Morgan fingerprint density at radius 1 is 0.895 bits per heavy atom. The smallest absolute Gasteiger partial charge is 0.266 e. The molecule has 38 heavy (non-hydrogen) atoms. The Labute approximate surface area is 222 Å². The van der Waals surface area contributed by atoms with Gasteiger partial charge in [0.05, 0.1) is 29.7 Å². The summed E-state index contributed by atoms with van der Waals surface area (Å²) in [5.41, 5.74) is 2.36. The number of fused-ring (bicyclic) bond motifs is 1. The molecule has 0 spiro atoms. The number of carbonyl (C=O) groups is 1. The lowest BCUT2D eigenvalue weighted by molar-refractivity contribution is -0.135. The first-order chi connectivity index (χ1) is 18.5. The van der Waals surface area contributed by atoms with Gasteiger partial charge in [0, 0.05) is 26.2 Å². The molecular weight excluding hydrogens is 480 g/mol. The fourth-order valence-electron chi connectivity index (χ4n) is 4.68. The molecule has 1 aliphatic heterocycles. The van der Waals surface area contributed by atoms with E-state index < -0.39 is 0 Å². The van der Waals surface area contributed by atoms with Gasteiger partial charge in [0.25, 0.3) is 11.5 Å². The van der Waals surface area contributed by atoms with E-state index in [9.17, 15) is 9.59 Å². The summed E-state index contributed by atoms with van der Waals surface area (Å²) >= 11 is 0. The zero-order valence-corrected chi connectivity index (χ0v) is 21.8. The molecule has 1 aromatic heterocycles. The number of hydrogen-bond acceptors (Lipinski definition) is 6. The first-order valence-corrected chi connectivity index (χ1v) is 13.0. The normalized spacial score (nSPS) is 14.0. The van der Waals surface area contributed by atoms with Crippen molar-refractivity contribution in [2.75, 3.05) is 39.4 Å². The van der Waals surface area contributed by atoms with E-state index in [0.717, 1.165) is 5.56 Å². The number of para-hydroxylation sites is 3. The Hall–Kier alpha value is -4.17. The van der Waals surface area contributed by atoms with Crippen LogP contribution in [-0.2, 0) is 11.3 Å². The van der Waals surface area contributed by atoms with Crippen molar-refractivity contribution in [3.05, 3.63) is 94.5 Å². The van der Waals surface area contributed by atoms with Gasteiger partial charge in [-0.3, -0.25) is 19.1 Å². The second kappa shape index (κ2) is 11.5. The zero-order valence-electron chi connectivity index (χ0n) is 21.8. The van der Waals surface area contributed by atoms with Gasteiger partial charge >= 0.3 is 0 Å². The van der Waals surface area contributed by atoms with Gasteiger partial charge in [-0.25, -0.2) is 4.98 Å². The Morgan fingerprint density at radius 3 is 2.37 bits per heavy atom. The van der Waals surface area contributed by atoms with Crippen molar-refractivity contribution in [2.24, 2.45) is 0 Å². The predicted octanol–water partition coefficient (Wildman–Crippen LogP) is 3.82. The number of carbonyl (C=O) groups excluding carboxylic acids is 1. The molecule has 0 atom stereocenters. The number of piperazine rings is 1. The quantitative estimate of drug-likeness (QED) is 0.357. The summed E-state index contributed by atoms with van der Waals surface area (Å²) in [4.78, 5) is 35.4. The van der Waals surface area contributed by atoms with Crippen LogP contribution in [0, 0.1) is 6.92 Å². The van der Waals surface area contributed by atoms with Gasteiger partial charge in [-0.2, -0.15) is 0 Å². The van der Waals surface area contributed by atoms with Crippen molar-refractivity contribution >= 4 is 16.8 Å². The molecule has 196 valence electrons. The van der Waals surface area contributed by atoms with Gasteiger partial charge < -0.3 is 14.4 Å². The maximum Gasteiger partial charge on any atom is 0.266 e. The van der Waals surface area contributed by atoms with Crippen molar-refractivity contribution in [3.63, 3.8) is 0 Å². The first-order valence-electron chi connectivity index (χ1n) is 13.0. The molecule has 0 radical (unpaired) electrons. The summed E-state index contributed by atoms with van der Waals surface area (Å²) < 4.78 is 13.2. The third kappa shape index (κ3) is 5.55. The highest BCUT2D eigenvalue weighted by atomic mass is 16.5. The molecule has 0 unspecified atom stereocenters. The fraction of sp³-hybridized carbons (Fsp3) is 0.300. The largest absolute Gasteiger partial charge is 0.492 e. The summed E-state index contributed by atoms with van der Waals surface area (Å²) in [5.74, 6) is 1.94. The van der Waals surface area contributed by atoms with Gasteiger partial charge in [0.1, 0.15) is 17.3 Å². The predicted molar refractivity (Wildman–Crippen MR) is 147 cm³/mol. The van der Waals surface area contributed by atoms with Crippen LogP contribution in [0.25, 0.3) is 16.6 Å². The van der Waals surface area contributed by atoms with Gasteiger partial charge in [-0.15, -0.1) is 0 Å². The summed E-state index contributed by atoms with van der Waals surface area (Å²) in [6.07, 6.45) is 0. The van der Waals surface area contributed by atoms with Crippen molar-refractivity contribution < 1.29 is 14.3 Å². The SMILES string of the molecule is CCOc1ccccc1-n1c(CN2CCN(C(=O)COc3ccc(C)cc3)CC2)nc2ccccc2c1=O. The molecule has 1 aliphatic rings. The molecule has 4 aromatic rings. The van der Waals surface area contributed by atoms with Gasteiger partial charge in [-0.05, 0) is 50.2 Å². The molecule has 8 heteroatoms. The summed E-state index contributed by atoms with van der Waals surface area (Å²) in [5, 5.41) is 0.562. The van der Waals surface area contributed by atoms with Crippen molar-refractivity contribution in [2.45, 2.75) is 20.4 Å². The van der Waals surface area contributed by atoms with E-state index in [1.165, 1.54) is 0 Å². The lowest BCUT2D eigenvalue weighted by atomic mass is 10.2. The number of hydrogen-bond donors (Lipinski definition) is 0. The number of ether oxygens (including phenoxy) is 2. The number of amides is 1. The topological polar surface area (TPSA) is 76.9 Å². The standard InChI is InChI=1S/C30H32N4O4/c1-3-37-27-11-7-6-10-26(27)34-28(31-25-9-5-4-8-24(25)30(34)36)20-32-16-18-33(19-17-32)29(35)21-38-23-14-12-22(2)13-15-23/h4-15H,3,16-21H2,1-2H3. The zero-order chi connectivity index (χ0) is 26.5. The fourth-order valence-corrected chi connectivity index (χ4v) is 4.68. The molecule has 0 bridgehead atoms. The van der Waals surface area contributed by atoms with Crippen LogP contribution >= 0.6 is 0 Å². The minimum Gasteiger partial charge on any atom is -0.492 e. The maximum absolute atomic E-state index is 13.7. The Bertz CT molecular complexity index is 1470. The second-order valence-corrected chi connectivity index (χ2v) is 9.35. The molecule has 2 heterocycles. The van der Waals surface area contributed by atoms with E-state index in [0.29, 0.717) is 73.2 Å². The highest BCUT2D eigenvalue weighted by molar-refractivity contribution is 5.78. The summed E-state index contributed by atoms with van der Waals surface area (Å²) in [6.45, 7) is 7.44. The van der Waals surface area contributed by atoms with Crippen LogP contribution in [0.4, 0.5) is 0 Å². The van der Waals surface area contributed by atoms with Crippen LogP contribution in [0.2, 0.25) is 0 Å². The minimum atomic E-state index is -0.125. The number of aryl methyl sites for hydroxylation is 1. The van der Waals surface area contributed by atoms with Gasteiger partial charge in [0.2, 0.25) is 0 Å². The van der Waals surface area contributed by atoms with Crippen LogP contribution in [-0.4, -0.2) is 64.7 Å². The molecule has 0 N–H and O–H groups in total. The average Bonchev–Trinajstić information content (AvgIpc) is 2.94. The Balaban J connectivity index is 1.33. The summed E-state index contributed by atoms with van der Waals surface area (Å²) in [6, 6.07) is 22.6. The number of aromatic nitrogens is 2. The molecule has 3 aromatic carbocycles. The monoisotopic (exact) mass is 512 g/mol. The third-order valence-electron chi connectivity index (χ3n) is 6.72. The van der Waals surface area contributed by atoms with Crippen LogP contribution in [0.1, 0.15) is 18.3 Å².